The van der Waals surface area contributed by atoms with Gasteiger partial charge < -0.3 is 15.6 Å². The molecular weight excluding hydrogens is 406 g/mol. The summed E-state index contributed by atoms with van der Waals surface area (Å²) < 4.78 is 2.01. The molecule has 7 nitrogen and oxygen atoms in total. The molecule has 152 valence electrons. The number of rotatable bonds is 9. The maximum absolute atomic E-state index is 12.4. The van der Waals surface area contributed by atoms with Crippen LogP contribution in [0, 0.1) is 0 Å². The van der Waals surface area contributed by atoms with Gasteiger partial charge in [0, 0.05) is 22.4 Å². The van der Waals surface area contributed by atoms with E-state index in [9.17, 15) is 9.59 Å². The highest BCUT2D eigenvalue weighted by atomic mass is 32.2. The van der Waals surface area contributed by atoms with Crippen molar-refractivity contribution in [2.24, 2.45) is 5.73 Å². The van der Waals surface area contributed by atoms with Gasteiger partial charge in [0.25, 0.3) is 5.91 Å². The average molecular weight is 430 g/mol. The fraction of sp³-hybridized carbons (Fsp3) is 0.300. The number of nitrogens with one attached hydrogen (secondary N) is 1. The Balaban J connectivity index is 1.69. The predicted octanol–water partition coefficient (Wildman–Crippen LogP) is 3.81. The molecular formula is C20H23N5O2S2. The van der Waals surface area contributed by atoms with Crippen LogP contribution in [0.25, 0.3) is 11.4 Å². The van der Waals surface area contributed by atoms with E-state index in [4.69, 9.17) is 5.73 Å². The Hall–Kier alpha value is -2.65. The molecule has 0 radical (unpaired) electrons. The highest BCUT2D eigenvalue weighted by molar-refractivity contribution is 7.99. The molecule has 0 spiro atoms. The molecule has 2 aromatic heterocycles. The summed E-state index contributed by atoms with van der Waals surface area (Å²) in [6, 6.07) is 8.83. The van der Waals surface area contributed by atoms with Crippen LogP contribution in [-0.2, 0) is 17.8 Å². The van der Waals surface area contributed by atoms with Crippen LogP contribution < -0.4 is 11.1 Å². The number of hydrogen-bond acceptors (Lipinski definition) is 6. The maximum atomic E-state index is 12.4. The number of carbonyl (C=O) groups is 2. The first-order valence-electron chi connectivity index (χ1n) is 9.35. The quantitative estimate of drug-likeness (QED) is 0.504. The predicted molar refractivity (Wildman–Crippen MR) is 117 cm³/mol. The fourth-order valence-electron chi connectivity index (χ4n) is 2.89. The van der Waals surface area contributed by atoms with Crippen LogP contribution in [0.3, 0.4) is 0 Å². The topological polar surface area (TPSA) is 103 Å². The molecule has 0 fully saturated rings. The van der Waals surface area contributed by atoms with Gasteiger partial charge >= 0.3 is 0 Å². The van der Waals surface area contributed by atoms with Crippen molar-refractivity contribution in [1.29, 1.82) is 0 Å². The number of aryl methyl sites for hydroxylation is 1. The van der Waals surface area contributed by atoms with Crippen molar-refractivity contribution < 1.29 is 9.59 Å². The molecule has 2 heterocycles. The van der Waals surface area contributed by atoms with Gasteiger partial charge in [-0.25, -0.2) is 0 Å². The summed E-state index contributed by atoms with van der Waals surface area (Å²) in [5, 5.41) is 14.1. The van der Waals surface area contributed by atoms with E-state index in [1.54, 1.807) is 35.6 Å². The number of thiophene rings is 1. The van der Waals surface area contributed by atoms with Crippen LogP contribution in [0.2, 0.25) is 0 Å². The van der Waals surface area contributed by atoms with Gasteiger partial charge in [-0.1, -0.05) is 37.2 Å². The van der Waals surface area contributed by atoms with Crippen molar-refractivity contribution in [1.82, 2.24) is 14.8 Å². The molecule has 0 saturated heterocycles. The zero-order valence-electron chi connectivity index (χ0n) is 16.3. The SMILES string of the molecule is CCCc1cc(-c2nnc(SCC(=O)Nc3ccccc3C(N)=O)n2CC)cs1. The zero-order valence-corrected chi connectivity index (χ0v) is 18.0. The Bertz CT molecular complexity index is 1010. The van der Waals surface area contributed by atoms with E-state index in [1.807, 2.05) is 11.5 Å². The van der Waals surface area contributed by atoms with Crippen LogP contribution in [0.5, 0.6) is 0 Å². The number of carbonyl (C=O) groups excluding carboxylic acids is 2. The first-order chi connectivity index (χ1) is 14.0. The number of aromatic nitrogens is 3. The number of benzene rings is 1. The summed E-state index contributed by atoms with van der Waals surface area (Å²) in [4.78, 5) is 25.2. The fourth-order valence-corrected chi connectivity index (χ4v) is 4.66. The molecule has 9 heteroatoms. The molecule has 1 aromatic carbocycles. The molecule has 0 bridgehead atoms. The summed E-state index contributed by atoms with van der Waals surface area (Å²) in [5.41, 5.74) is 7.10. The van der Waals surface area contributed by atoms with Gasteiger partial charge in [-0.2, -0.15) is 0 Å². The average Bonchev–Trinajstić information content (AvgIpc) is 3.33. The number of nitrogens with two attached hydrogens (primary N) is 1. The Morgan fingerprint density at radius 1 is 1.24 bits per heavy atom. The minimum Gasteiger partial charge on any atom is -0.366 e. The first-order valence-corrected chi connectivity index (χ1v) is 11.2. The van der Waals surface area contributed by atoms with Crippen molar-refractivity contribution in [3.63, 3.8) is 0 Å². The van der Waals surface area contributed by atoms with Gasteiger partial charge in [0.2, 0.25) is 5.91 Å². The standard InChI is InChI=1S/C20H23N5O2S2/c1-3-7-14-10-13(11-28-14)19-23-24-20(25(19)4-2)29-12-17(26)22-16-9-6-5-8-15(16)18(21)27/h5-6,8-11H,3-4,7,12H2,1-2H3,(H2,21,27)(H,22,26). The van der Waals surface area contributed by atoms with Gasteiger partial charge in [-0.3, -0.25) is 9.59 Å². The number of anilines is 1. The Kier molecular flexibility index (Phi) is 7.05. The number of hydrogen-bond donors (Lipinski definition) is 2. The monoisotopic (exact) mass is 429 g/mol. The lowest BCUT2D eigenvalue weighted by atomic mass is 10.1. The molecule has 0 saturated carbocycles. The van der Waals surface area contributed by atoms with E-state index in [2.05, 4.69) is 33.9 Å². The van der Waals surface area contributed by atoms with E-state index in [-0.39, 0.29) is 17.2 Å². The second kappa shape index (κ2) is 9.71. The summed E-state index contributed by atoms with van der Waals surface area (Å²) in [6.45, 7) is 4.89. The van der Waals surface area contributed by atoms with E-state index in [1.165, 1.54) is 16.6 Å². The van der Waals surface area contributed by atoms with E-state index in [0.29, 0.717) is 17.4 Å². The van der Waals surface area contributed by atoms with Gasteiger partial charge in [-0.05, 0) is 31.5 Å². The summed E-state index contributed by atoms with van der Waals surface area (Å²) >= 11 is 3.04. The smallest absolute Gasteiger partial charge is 0.250 e. The van der Waals surface area contributed by atoms with Gasteiger partial charge in [0.15, 0.2) is 11.0 Å². The zero-order chi connectivity index (χ0) is 20.8. The second-order valence-electron chi connectivity index (χ2n) is 6.35. The van der Waals surface area contributed by atoms with Crippen LogP contribution in [0.1, 0.15) is 35.5 Å². The number of thioether (sulfide) groups is 1. The molecule has 3 aromatic rings. The Labute approximate surface area is 177 Å². The molecule has 0 aliphatic heterocycles. The summed E-state index contributed by atoms with van der Waals surface area (Å²) in [6.07, 6.45) is 2.16. The highest BCUT2D eigenvalue weighted by Crippen LogP contribution is 2.28. The van der Waals surface area contributed by atoms with Crippen molar-refractivity contribution in [2.75, 3.05) is 11.1 Å². The Morgan fingerprint density at radius 2 is 2.03 bits per heavy atom. The van der Waals surface area contributed by atoms with Crippen LogP contribution in [-0.4, -0.2) is 32.3 Å². The lowest BCUT2D eigenvalue weighted by Crippen LogP contribution is -2.19. The molecule has 0 atom stereocenters. The molecule has 0 aliphatic rings. The minimum atomic E-state index is -0.581. The molecule has 3 N–H and O–H groups in total. The molecule has 2 amide bonds. The second-order valence-corrected chi connectivity index (χ2v) is 8.29. The lowest BCUT2D eigenvalue weighted by Gasteiger charge is -2.09. The lowest BCUT2D eigenvalue weighted by molar-refractivity contribution is -0.113. The van der Waals surface area contributed by atoms with Crippen molar-refractivity contribution >= 4 is 40.6 Å². The normalized spacial score (nSPS) is 10.8. The third-order valence-corrected chi connectivity index (χ3v) is 6.20. The minimum absolute atomic E-state index is 0.149. The van der Waals surface area contributed by atoms with Gasteiger partial charge in [-0.15, -0.1) is 21.5 Å². The first kappa shape index (κ1) is 21.1. The number of amides is 2. The van der Waals surface area contributed by atoms with E-state index < -0.39 is 5.91 Å². The Morgan fingerprint density at radius 3 is 2.76 bits per heavy atom. The molecule has 0 unspecified atom stereocenters. The van der Waals surface area contributed by atoms with Crippen molar-refractivity contribution in [2.45, 2.75) is 38.4 Å². The summed E-state index contributed by atoms with van der Waals surface area (Å²) in [5.74, 6) is 0.141. The third-order valence-electron chi connectivity index (χ3n) is 4.24. The third kappa shape index (κ3) is 5.04. The summed E-state index contributed by atoms with van der Waals surface area (Å²) in [7, 11) is 0. The van der Waals surface area contributed by atoms with Crippen molar-refractivity contribution in [3.8, 4) is 11.4 Å². The maximum Gasteiger partial charge on any atom is 0.250 e. The van der Waals surface area contributed by atoms with E-state index >= 15 is 0 Å². The van der Waals surface area contributed by atoms with Crippen LogP contribution in [0.4, 0.5) is 5.69 Å². The van der Waals surface area contributed by atoms with Gasteiger partial charge in [0.05, 0.1) is 17.0 Å². The van der Waals surface area contributed by atoms with Crippen LogP contribution in [0.15, 0.2) is 40.9 Å². The number of para-hydroxylation sites is 1. The van der Waals surface area contributed by atoms with Crippen molar-refractivity contribution in [3.05, 3.63) is 46.2 Å². The molecule has 3 rings (SSSR count). The number of primary amides is 1. The highest BCUT2D eigenvalue weighted by Gasteiger charge is 2.16. The molecule has 0 aliphatic carbocycles. The van der Waals surface area contributed by atoms with Gasteiger partial charge in [0.1, 0.15) is 0 Å². The van der Waals surface area contributed by atoms with Crippen LogP contribution >= 0.6 is 23.1 Å². The van der Waals surface area contributed by atoms with E-state index in [0.717, 1.165) is 24.2 Å². The largest absolute Gasteiger partial charge is 0.366 e. The molecule has 29 heavy (non-hydrogen) atoms. The number of nitrogens with zero attached hydrogens (tertiary/aromatic N) is 3.